The number of nitrogens with zero attached hydrogens (tertiary/aromatic N) is 1. The molecule has 1 aromatic rings. The Labute approximate surface area is 100 Å². The molecule has 88 valence electrons. The average molecular weight is 243 g/mol. The standard InChI is InChI=1S/C12H16ClFN2/c1-16-5-4-11(8-16)15-7-9-2-3-10(14)6-12(9)13/h2-3,6,11,15H,4-5,7-8H2,1H3. The van der Waals surface area contributed by atoms with Crippen molar-refractivity contribution in [3.63, 3.8) is 0 Å². The van der Waals surface area contributed by atoms with Gasteiger partial charge in [-0.1, -0.05) is 17.7 Å². The third-order valence-corrected chi connectivity index (χ3v) is 3.34. The highest BCUT2D eigenvalue weighted by atomic mass is 35.5. The molecule has 1 heterocycles. The number of halogens is 2. The van der Waals surface area contributed by atoms with Crippen molar-refractivity contribution in [2.24, 2.45) is 0 Å². The molecule has 4 heteroatoms. The van der Waals surface area contributed by atoms with Crippen LogP contribution in [0.3, 0.4) is 0 Å². The van der Waals surface area contributed by atoms with E-state index >= 15 is 0 Å². The van der Waals surface area contributed by atoms with Gasteiger partial charge in [-0.3, -0.25) is 0 Å². The lowest BCUT2D eigenvalue weighted by molar-refractivity contribution is 0.397. The molecule has 2 rings (SSSR count). The van der Waals surface area contributed by atoms with Crippen molar-refractivity contribution in [1.29, 1.82) is 0 Å². The molecule has 0 aromatic heterocycles. The van der Waals surface area contributed by atoms with E-state index in [1.54, 1.807) is 6.07 Å². The first-order valence-corrected chi connectivity index (χ1v) is 5.89. The lowest BCUT2D eigenvalue weighted by atomic mass is 10.2. The summed E-state index contributed by atoms with van der Waals surface area (Å²) in [6, 6.07) is 5.07. The molecular formula is C12H16ClFN2. The van der Waals surface area contributed by atoms with Crippen molar-refractivity contribution in [2.75, 3.05) is 20.1 Å². The van der Waals surface area contributed by atoms with E-state index in [2.05, 4.69) is 17.3 Å². The number of benzene rings is 1. The van der Waals surface area contributed by atoms with Gasteiger partial charge in [0.25, 0.3) is 0 Å². The zero-order chi connectivity index (χ0) is 11.5. The highest BCUT2D eigenvalue weighted by Crippen LogP contribution is 2.17. The van der Waals surface area contributed by atoms with Gasteiger partial charge in [0.1, 0.15) is 5.82 Å². The second kappa shape index (κ2) is 5.13. The van der Waals surface area contributed by atoms with Crippen LogP contribution in [-0.2, 0) is 6.54 Å². The summed E-state index contributed by atoms with van der Waals surface area (Å²) in [6.07, 6.45) is 1.16. The van der Waals surface area contributed by atoms with Gasteiger partial charge in [-0.05, 0) is 37.7 Å². The van der Waals surface area contributed by atoms with Gasteiger partial charge in [0, 0.05) is 24.2 Å². The molecule has 1 aliphatic rings. The van der Waals surface area contributed by atoms with E-state index in [1.165, 1.54) is 12.1 Å². The molecule has 1 saturated heterocycles. The number of likely N-dealkylation sites (N-methyl/N-ethyl adjacent to an activating group) is 1. The van der Waals surface area contributed by atoms with E-state index in [0.717, 1.165) is 25.1 Å². The number of rotatable bonds is 3. The van der Waals surface area contributed by atoms with Crippen LogP contribution in [0.2, 0.25) is 5.02 Å². The summed E-state index contributed by atoms with van der Waals surface area (Å²) in [5.74, 6) is -0.283. The fourth-order valence-electron chi connectivity index (χ4n) is 2.02. The smallest absolute Gasteiger partial charge is 0.124 e. The van der Waals surface area contributed by atoms with Crippen molar-refractivity contribution in [1.82, 2.24) is 10.2 Å². The maximum Gasteiger partial charge on any atom is 0.124 e. The Morgan fingerprint density at radius 1 is 1.56 bits per heavy atom. The summed E-state index contributed by atoms with van der Waals surface area (Å²) < 4.78 is 12.8. The summed E-state index contributed by atoms with van der Waals surface area (Å²) in [4.78, 5) is 2.30. The normalized spacial score (nSPS) is 21.6. The summed E-state index contributed by atoms with van der Waals surface area (Å²) in [5.41, 5.74) is 0.956. The first-order chi connectivity index (χ1) is 7.65. The van der Waals surface area contributed by atoms with Gasteiger partial charge in [-0.2, -0.15) is 0 Å². The third-order valence-electron chi connectivity index (χ3n) is 2.99. The van der Waals surface area contributed by atoms with Crippen LogP contribution < -0.4 is 5.32 Å². The molecular weight excluding hydrogens is 227 g/mol. The minimum Gasteiger partial charge on any atom is -0.309 e. The molecule has 1 aromatic carbocycles. The lowest BCUT2D eigenvalue weighted by Gasteiger charge is -2.13. The van der Waals surface area contributed by atoms with Gasteiger partial charge in [-0.15, -0.1) is 0 Å². The second-order valence-electron chi connectivity index (χ2n) is 4.36. The summed E-state index contributed by atoms with van der Waals surface area (Å²) in [6.45, 7) is 2.91. The summed E-state index contributed by atoms with van der Waals surface area (Å²) >= 11 is 5.95. The van der Waals surface area contributed by atoms with Crippen molar-refractivity contribution in [3.8, 4) is 0 Å². The molecule has 0 bridgehead atoms. The second-order valence-corrected chi connectivity index (χ2v) is 4.77. The van der Waals surface area contributed by atoms with Gasteiger partial charge in [0.05, 0.1) is 0 Å². The summed E-state index contributed by atoms with van der Waals surface area (Å²) in [5, 5.41) is 3.94. The zero-order valence-corrected chi connectivity index (χ0v) is 10.1. The Kier molecular flexibility index (Phi) is 3.79. The van der Waals surface area contributed by atoms with Crippen LogP contribution in [0.25, 0.3) is 0 Å². The van der Waals surface area contributed by atoms with Gasteiger partial charge >= 0.3 is 0 Å². The molecule has 0 amide bonds. The van der Waals surface area contributed by atoms with Crippen molar-refractivity contribution in [3.05, 3.63) is 34.6 Å². The van der Waals surface area contributed by atoms with Crippen LogP contribution in [0.1, 0.15) is 12.0 Å². The SMILES string of the molecule is CN1CCC(NCc2ccc(F)cc2Cl)C1. The van der Waals surface area contributed by atoms with Crippen LogP contribution >= 0.6 is 11.6 Å². The largest absolute Gasteiger partial charge is 0.309 e. The highest BCUT2D eigenvalue weighted by molar-refractivity contribution is 6.31. The number of nitrogens with one attached hydrogen (secondary N) is 1. The first-order valence-electron chi connectivity index (χ1n) is 5.51. The fraction of sp³-hybridized carbons (Fsp3) is 0.500. The van der Waals surface area contributed by atoms with Crippen LogP contribution in [-0.4, -0.2) is 31.1 Å². The molecule has 1 atom stereocenters. The van der Waals surface area contributed by atoms with Gasteiger partial charge in [0.15, 0.2) is 0 Å². The van der Waals surface area contributed by atoms with Crippen LogP contribution in [0.5, 0.6) is 0 Å². The van der Waals surface area contributed by atoms with Crippen LogP contribution in [0, 0.1) is 5.82 Å². The van der Waals surface area contributed by atoms with E-state index in [9.17, 15) is 4.39 Å². The quantitative estimate of drug-likeness (QED) is 0.875. The molecule has 16 heavy (non-hydrogen) atoms. The molecule has 0 saturated carbocycles. The molecule has 0 radical (unpaired) electrons. The van der Waals surface area contributed by atoms with E-state index in [4.69, 9.17) is 11.6 Å². The minimum atomic E-state index is -0.283. The lowest BCUT2D eigenvalue weighted by Crippen LogP contribution is -2.31. The van der Waals surface area contributed by atoms with E-state index in [1.807, 2.05) is 0 Å². The first kappa shape index (κ1) is 11.8. The van der Waals surface area contributed by atoms with Gasteiger partial charge < -0.3 is 10.2 Å². The Hall–Kier alpha value is -0.640. The van der Waals surface area contributed by atoms with Gasteiger partial charge in [-0.25, -0.2) is 4.39 Å². The topological polar surface area (TPSA) is 15.3 Å². The van der Waals surface area contributed by atoms with Gasteiger partial charge in [0.2, 0.25) is 0 Å². The van der Waals surface area contributed by atoms with E-state index in [-0.39, 0.29) is 5.82 Å². The maximum atomic E-state index is 12.8. The molecule has 0 aliphatic carbocycles. The Bertz CT molecular complexity index is 370. The monoisotopic (exact) mass is 242 g/mol. The maximum absolute atomic E-state index is 12.8. The highest BCUT2D eigenvalue weighted by Gasteiger charge is 2.18. The molecule has 1 aliphatic heterocycles. The number of likely N-dealkylation sites (tertiary alicyclic amines) is 1. The Morgan fingerprint density at radius 3 is 3.00 bits per heavy atom. The third kappa shape index (κ3) is 2.94. The van der Waals surface area contributed by atoms with E-state index < -0.39 is 0 Å². The van der Waals surface area contributed by atoms with Crippen molar-refractivity contribution in [2.45, 2.75) is 19.0 Å². The zero-order valence-electron chi connectivity index (χ0n) is 9.34. The minimum absolute atomic E-state index is 0.283. The summed E-state index contributed by atoms with van der Waals surface area (Å²) in [7, 11) is 2.12. The average Bonchev–Trinajstić information content (AvgIpc) is 2.63. The number of hydrogen-bond acceptors (Lipinski definition) is 2. The molecule has 0 spiro atoms. The van der Waals surface area contributed by atoms with Crippen LogP contribution in [0.15, 0.2) is 18.2 Å². The van der Waals surface area contributed by atoms with E-state index in [0.29, 0.717) is 17.6 Å². The molecule has 1 fully saturated rings. The molecule has 2 nitrogen and oxygen atoms in total. The predicted molar refractivity (Wildman–Crippen MR) is 64.2 cm³/mol. The molecule has 1 unspecified atom stereocenters. The Morgan fingerprint density at radius 2 is 2.38 bits per heavy atom. The van der Waals surface area contributed by atoms with Crippen molar-refractivity contribution >= 4 is 11.6 Å². The Balaban J connectivity index is 1.89. The predicted octanol–water partition coefficient (Wildman–Crippen LogP) is 2.27. The fourth-order valence-corrected chi connectivity index (χ4v) is 2.26. The number of hydrogen-bond donors (Lipinski definition) is 1. The molecule has 1 N–H and O–H groups in total. The van der Waals surface area contributed by atoms with Crippen molar-refractivity contribution < 1.29 is 4.39 Å². The van der Waals surface area contributed by atoms with Crippen LogP contribution in [0.4, 0.5) is 4.39 Å².